The fourth-order valence-electron chi connectivity index (χ4n) is 2.19. The third-order valence-corrected chi connectivity index (χ3v) is 3.50. The Morgan fingerprint density at radius 2 is 1.88 bits per heavy atom. The first-order valence-electron chi connectivity index (χ1n) is 7.94. The lowest BCUT2D eigenvalue weighted by Crippen LogP contribution is -2.20. The Labute approximate surface area is 143 Å². The SMILES string of the molecule is CCOc1ccc(/C=C/C(=O)NCc2ccc(C)cc2)cc1OC. The summed E-state index contributed by atoms with van der Waals surface area (Å²) in [6.07, 6.45) is 3.27. The Hall–Kier alpha value is -2.75. The maximum atomic E-state index is 11.9. The number of aryl methyl sites for hydroxylation is 1. The van der Waals surface area contributed by atoms with Gasteiger partial charge in [0.05, 0.1) is 13.7 Å². The van der Waals surface area contributed by atoms with Crippen molar-refractivity contribution < 1.29 is 14.3 Å². The summed E-state index contributed by atoms with van der Waals surface area (Å²) in [5.74, 6) is 1.21. The van der Waals surface area contributed by atoms with Crippen molar-refractivity contribution in [1.82, 2.24) is 5.32 Å². The maximum absolute atomic E-state index is 11.9. The molecular weight excluding hydrogens is 302 g/mol. The van der Waals surface area contributed by atoms with Gasteiger partial charge in [-0.3, -0.25) is 4.79 Å². The highest BCUT2D eigenvalue weighted by Crippen LogP contribution is 2.28. The van der Waals surface area contributed by atoms with Crippen molar-refractivity contribution in [3.8, 4) is 11.5 Å². The van der Waals surface area contributed by atoms with Gasteiger partial charge in [0, 0.05) is 12.6 Å². The highest BCUT2D eigenvalue weighted by atomic mass is 16.5. The van der Waals surface area contributed by atoms with Gasteiger partial charge in [-0.25, -0.2) is 0 Å². The smallest absolute Gasteiger partial charge is 0.244 e. The molecule has 0 fully saturated rings. The molecule has 0 radical (unpaired) electrons. The number of carbonyl (C=O) groups is 1. The second-order valence-corrected chi connectivity index (χ2v) is 5.38. The van der Waals surface area contributed by atoms with Crippen LogP contribution in [0.25, 0.3) is 6.08 Å². The van der Waals surface area contributed by atoms with E-state index in [1.54, 1.807) is 13.2 Å². The van der Waals surface area contributed by atoms with Crippen molar-refractivity contribution in [2.45, 2.75) is 20.4 Å². The number of rotatable bonds is 7. The molecule has 0 unspecified atom stereocenters. The summed E-state index contributed by atoms with van der Waals surface area (Å²) < 4.78 is 10.8. The number of amides is 1. The summed E-state index contributed by atoms with van der Waals surface area (Å²) in [5, 5.41) is 2.87. The van der Waals surface area contributed by atoms with Crippen LogP contribution in [-0.2, 0) is 11.3 Å². The Morgan fingerprint density at radius 1 is 1.12 bits per heavy atom. The molecule has 1 N–H and O–H groups in total. The summed E-state index contributed by atoms with van der Waals surface area (Å²) >= 11 is 0. The molecule has 0 aromatic heterocycles. The molecule has 0 saturated heterocycles. The van der Waals surface area contributed by atoms with Gasteiger partial charge >= 0.3 is 0 Å². The predicted molar refractivity (Wildman–Crippen MR) is 96.2 cm³/mol. The zero-order chi connectivity index (χ0) is 17.4. The Bertz CT molecular complexity index is 705. The molecule has 24 heavy (non-hydrogen) atoms. The number of benzene rings is 2. The Kier molecular flexibility index (Phi) is 6.43. The van der Waals surface area contributed by atoms with Gasteiger partial charge in [-0.2, -0.15) is 0 Å². The molecule has 2 rings (SSSR count). The first-order valence-corrected chi connectivity index (χ1v) is 7.94. The summed E-state index contributed by atoms with van der Waals surface area (Å²) in [4.78, 5) is 11.9. The standard InChI is InChI=1S/C20H23NO3/c1-4-24-18-11-9-16(13-19(18)23-3)10-12-20(22)21-14-17-7-5-15(2)6-8-17/h5-13H,4,14H2,1-3H3,(H,21,22)/b12-10+. The van der Waals surface area contributed by atoms with E-state index in [9.17, 15) is 4.79 Å². The van der Waals surface area contributed by atoms with Crippen LogP contribution in [0.15, 0.2) is 48.5 Å². The lowest BCUT2D eigenvalue weighted by Gasteiger charge is -2.09. The second-order valence-electron chi connectivity index (χ2n) is 5.38. The number of ether oxygens (including phenoxy) is 2. The summed E-state index contributed by atoms with van der Waals surface area (Å²) in [6, 6.07) is 13.7. The molecule has 0 heterocycles. The van der Waals surface area contributed by atoms with E-state index in [1.165, 1.54) is 11.6 Å². The normalized spacial score (nSPS) is 10.6. The molecule has 0 aliphatic rings. The Morgan fingerprint density at radius 3 is 2.54 bits per heavy atom. The van der Waals surface area contributed by atoms with Gasteiger partial charge in [0.15, 0.2) is 11.5 Å². The molecule has 1 amide bonds. The second kappa shape index (κ2) is 8.77. The number of nitrogens with one attached hydrogen (secondary N) is 1. The van der Waals surface area contributed by atoms with Crippen LogP contribution in [0, 0.1) is 6.92 Å². The molecule has 0 aliphatic heterocycles. The zero-order valence-electron chi connectivity index (χ0n) is 14.3. The highest BCUT2D eigenvalue weighted by Gasteiger charge is 2.04. The third kappa shape index (κ3) is 5.16. The van der Waals surface area contributed by atoms with E-state index >= 15 is 0 Å². The summed E-state index contributed by atoms with van der Waals surface area (Å²) in [7, 11) is 1.60. The fraction of sp³-hybridized carbons (Fsp3) is 0.250. The van der Waals surface area contributed by atoms with Crippen molar-refractivity contribution in [2.24, 2.45) is 0 Å². The van der Waals surface area contributed by atoms with Crippen molar-refractivity contribution in [1.29, 1.82) is 0 Å². The van der Waals surface area contributed by atoms with Crippen molar-refractivity contribution in [3.05, 3.63) is 65.2 Å². The van der Waals surface area contributed by atoms with E-state index in [0.29, 0.717) is 24.7 Å². The van der Waals surface area contributed by atoms with Gasteiger partial charge in [-0.05, 0) is 43.2 Å². The van der Waals surface area contributed by atoms with Crippen LogP contribution < -0.4 is 14.8 Å². The first-order chi connectivity index (χ1) is 11.6. The molecule has 0 bridgehead atoms. The maximum Gasteiger partial charge on any atom is 0.244 e. The Balaban J connectivity index is 1.94. The summed E-state index contributed by atoms with van der Waals surface area (Å²) in [5.41, 5.74) is 3.15. The van der Waals surface area contributed by atoms with Crippen LogP contribution in [0.5, 0.6) is 11.5 Å². The van der Waals surface area contributed by atoms with Gasteiger partial charge in [-0.1, -0.05) is 35.9 Å². The molecule has 0 spiro atoms. The van der Waals surface area contributed by atoms with Crippen molar-refractivity contribution >= 4 is 12.0 Å². The van der Waals surface area contributed by atoms with Gasteiger partial charge in [0.1, 0.15) is 0 Å². The molecule has 0 aliphatic carbocycles. The average Bonchev–Trinajstić information content (AvgIpc) is 2.60. The minimum atomic E-state index is -0.136. The van der Waals surface area contributed by atoms with E-state index in [2.05, 4.69) is 5.32 Å². The lowest BCUT2D eigenvalue weighted by atomic mass is 10.1. The van der Waals surface area contributed by atoms with Crippen LogP contribution in [0.2, 0.25) is 0 Å². The van der Waals surface area contributed by atoms with Crippen LogP contribution in [0.3, 0.4) is 0 Å². The molecule has 2 aromatic rings. The van der Waals surface area contributed by atoms with Gasteiger partial charge in [0.2, 0.25) is 5.91 Å². The highest BCUT2D eigenvalue weighted by molar-refractivity contribution is 5.91. The van der Waals surface area contributed by atoms with Crippen LogP contribution >= 0.6 is 0 Å². The van der Waals surface area contributed by atoms with Gasteiger partial charge < -0.3 is 14.8 Å². The van der Waals surface area contributed by atoms with E-state index in [1.807, 2.05) is 56.3 Å². The molecule has 4 heteroatoms. The molecule has 4 nitrogen and oxygen atoms in total. The number of carbonyl (C=O) groups excluding carboxylic acids is 1. The lowest BCUT2D eigenvalue weighted by molar-refractivity contribution is -0.116. The minimum Gasteiger partial charge on any atom is -0.493 e. The largest absolute Gasteiger partial charge is 0.493 e. The fourth-order valence-corrected chi connectivity index (χ4v) is 2.19. The molecule has 126 valence electrons. The van der Waals surface area contributed by atoms with E-state index < -0.39 is 0 Å². The number of methoxy groups -OCH3 is 1. The van der Waals surface area contributed by atoms with Crippen LogP contribution in [-0.4, -0.2) is 19.6 Å². The van der Waals surface area contributed by atoms with E-state index in [0.717, 1.165) is 11.1 Å². The van der Waals surface area contributed by atoms with Gasteiger partial charge in [0.25, 0.3) is 0 Å². The number of hydrogen-bond donors (Lipinski definition) is 1. The van der Waals surface area contributed by atoms with E-state index in [-0.39, 0.29) is 5.91 Å². The quantitative estimate of drug-likeness (QED) is 0.789. The van der Waals surface area contributed by atoms with Crippen molar-refractivity contribution in [2.75, 3.05) is 13.7 Å². The topological polar surface area (TPSA) is 47.6 Å². The van der Waals surface area contributed by atoms with Gasteiger partial charge in [-0.15, -0.1) is 0 Å². The molecule has 2 aromatic carbocycles. The zero-order valence-corrected chi connectivity index (χ0v) is 14.3. The first kappa shape index (κ1) is 17.6. The molecular formula is C20H23NO3. The van der Waals surface area contributed by atoms with E-state index in [4.69, 9.17) is 9.47 Å². The number of hydrogen-bond acceptors (Lipinski definition) is 3. The minimum absolute atomic E-state index is 0.136. The molecule has 0 saturated carbocycles. The summed E-state index contributed by atoms with van der Waals surface area (Å²) in [6.45, 7) is 5.05. The van der Waals surface area contributed by atoms with Crippen molar-refractivity contribution in [3.63, 3.8) is 0 Å². The molecule has 0 atom stereocenters. The third-order valence-electron chi connectivity index (χ3n) is 3.50. The monoisotopic (exact) mass is 325 g/mol. The predicted octanol–water partition coefficient (Wildman–Crippen LogP) is 3.73. The van der Waals surface area contributed by atoms with Crippen LogP contribution in [0.1, 0.15) is 23.6 Å². The van der Waals surface area contributed by atoms with Crippen LogP contribution in [0.4, 0.5) is 0 Å². The average molecular weight is 325 g/mol.